The molecule has 2 heterocycles. The van der Waals surface area contributed by atoms with Crippen molar-refractivity contribution in [2.24, 2.45) is 5.41 Å². The Labute approximate surface area is 133 Å². The molecule has 0 spiro atoms. The molecule has 0 saturated heterocycles. The van der Waals surface area contributed by atoms with Gasteiger partial charge in [-0.3, -0.25) is 10.1 Å². The highest BCUT2D eigenvalue weighted by Gasteiger charge is 2.41. The number of aromatic nitrogens is 3. The summed E-state index contributed by atoms with van der Waals surface area (Å²) in [5, 5.41) is 14.0. The van der Waals surface area contributed by atoms with Crippen LogP contribution in [-0.2, 0) is 0 Å². The molecule has 3 rings (SSSR count). The van der Waals surface area contributed by atoms with Gasteiger partial charge in [-0.2, -0.15) is 0 Å². The molecule has 1 saturated carbocycles. The molecule has 1 aliphatic carbocycles. The summed E-state index contributed by atoms with van der Waals surface area (Å²) in [5.74, 6) is 0.593. The number of anilines is 2. The van der Waals surface area contributed by atoms with Crippen LogP contribution in [0, 0.1) is 5.41 Å². The van der Waals surface area contributed by atoms with E-state index < -0.39 is 0 Å². The molecule has 0 bridgehead atoms. The molecular weight excluding hydrogens is 298 g/mol. The van der Waals surface area contributed by atoms with Gasteiger partial charge in [0.2, 0.25) is 5.13 Å². The minimum atomic E-state index is -0.222. The monoisotopic (exact) mass is 317 g/mol. The van der Waals surface area contributed by atoms with Crippen molar-refractivity contribution in [3.8, 4) is 0 Å². The Bertz CT molecular complexity index is 622. The molecule has 7 heteroatoms. The fourth-order valence-corrected chi connectivity index (χ4v) is 2.97. The molecule has 0 aromatic carbocycles. The highest BCUT2D eigenvalue weighted by molar-refractivity contribution is 7.13. The number of carbonyl (C=O) groups excluding carboxylic acids is 1. The van der Waals surface area contributed by atoms with E-state index in [1.54, 1.807) is 17.8 Å². The lowest BCUT2D eigenvalue weighted by Gasteiger charge is -2.15. The molecule has 0 radical (unpaired) electrons. The van der Waals surface area contributed by atoms with Crippen molar-refractivity contribution >= 4 is 28.2 Å². The zero-order valence-electron chi connectivity index (χ0n) is 12.5. The number of rotatable bonds is 7. The first-order chi connectivity index (χ1) is 10.7. The first-order valence-electron chi connectivity index (χ1n) is 7.48. The predicted molar refractivity (Wildman–Crippen MR) is 87.2 cm³/mol. The van der Waals surface area contributed by atoms with Crippen LogP contribution < -0.4 is 10.6 Å². The number of hydrogen-bond donors (Lipinski definition) is 2. The fourth-order valence-electron chi connectivity index (χ4n) is 2.53. The Hall–Kier alpha value is -2.02. The second-order valence-electron chi connectivity index (χ2n) is 5.73. The summed E-state index contributed by atoms with van der Waals surface area (Å²) >= 11 is 1.28. The molecule has 116 valence electrons. The van der Waals surface area contributed by atoms with Gasteiger partial charge in [-0.15, -0.1) is 10.2 Å². The maximum Gasteiger partial charge on any atom is 0.259 e. The quantitative estimate of drug-likeness (QED) is 0.820. The van der Waals surface area contributed by atoms with Gasteiger partial charge < -0.3 is 5.32 Å². The van der Waals surface area contributed by atoms with E-state index in [1.165, 1.54) is 37.0 Å². The van der Waals surface area contributed by atoms with Gasteiger partial charge in [0.1, 0.15) is 11.3 Å². The van der Waals surface area contributed by atoms with E-state index >= 15 is 0 Å². The summed E-state index contributed by atoms with van der Waals surface area (Å²) in [5.41, 5.74) is 2.56. The second kappa shape index (κ2) is 6.39. The zero-order chi connectivity index (χ0) is 15.4. The number of nitrogens with one attached hydrogen (secondary N) is 2. The Morgan fingerprint density at radius 2 is 2.27 bits per heavy atom. The average molecular weight is 317 g/mol. The lowest BCUT2D eigenvalue weighted by Crippen LogP contribution is -2.16. The predicted octanol–water partition coefficient (Wildman–Crippen LogP) is 3.18. The summed E-state index contributed by atoms with van der Waals surface area (Å²) < 4.78 is 0. The van der Waals surface area contributed by atoms with Crippen molar-refractivity contribution in [2.45, 2.75) is 32.6 Å². The molecule has 2 aromatic heterocycles. The topological polar surface area (TPSA) is 79.8 Å². The number of pyridine rings is 1. The SMILES string of the molecule is CCCC1(CNc2ccc(C(=O)Nc3nncs3)cn2)CC1. The van der Waals surface area contributed by atoms with E-state index in [0.29, 0.717) is 16.1 Å². The molecule has 0 atom stereocenters. The molecule has 6 nitrogen and oxygen atoms in total. The number of nitrogens with zero attached hydrogens (tertiary/aromatic N) is 3. The van der Waals surface area contributed by atoms with Crippen LogP contribution in [0.1, 0.15) is 43.0 Å². The first kappa shape index (κ1) is 14.9. The maximum atomic E-state index is 12.0. The molecule has 1 fully saturated rings. The molecule has 2 N–H and O–H groups in total. The van der Waals surface area contributed by atoms with Crippen molar-refractivity contribution in [1.82, 2.24) is 15.2 Å². The smallest absolute Gasteiger partial charge is 0.259 e. The zero-order valence-corrected chi connectivity index (χ0v) is 13.3. The second-order valence-corrected chi connectivity index (χ2v) is 6.57. The van der Waals surface area contributed by atoms with Gasteiger partial charge in [0.25, 0.3) is 5.91 Å². The molecule has 0 aliphatic heterocycles. The van der Waals surface area contributed by atoms with E-state index in [9.17, 15) is 4.79 Å². The highest BCUT2D eigenvalue weighted by Crippen LogP contribution is 2.49. The Kier molecular flexibility index (Phi) is 4.33. The molecular formula is C15H19N5OS. The third kappa shape index (κ3) is 3.59. The lowest BCUT2D eigenvalue weighted by atomic mass is 10.0. The van der Waals surface area contributed by atoms with Crippen molar-refractivity contribution in [1.29, 1.82) is 0 Å². The lowest BCUT2D eigenvalue weighted by molar-refractivity contribution is 0.102. The van der Waals surface area contributed by atoms with Crippen LogP contribution in [0.2, 0.25) is 0 Å². The van der Waals surface area contributed by atoms with Gasteiger partial charge in [0.05, 0.1) is 5.56 Å². The molecule has 22 heavy (non-hydrogen) atoms. The summed E-state index contributed by atoms with van der Waals surface area (Å²) in [4.78, 5) is 16.3. The fraction of sp³-hybridized carbons (Fsp3) is 0.467. The van der Waals surface area contributed by atoms with Crippen LogP contribution in [-0.4, -0.2) is 27.6 Å². The third-order valence-electron chi connectivity index (χ3n) is 3.99. The highest BCUT2D eigenvalue weighted by atomic mass is 32.1. The van der Waals surface area contributed by atoms with Crippen LogP contribution >= 0.6 is 11.3 Å². The Morgan fingerprint density at radius 3 is 2.86 bits per heavy atom. The number of amides is 1. The molecule has 1 aliphatic rings. The molecule has 0 unspecified atom stereocenters. The van der Waals surface area contributed by atoms with Crippen LogP contribution in [0.25, 0.3) is 0 Å². The molecule has 1 amide bonds. The summed E-state index contributed by atoms with van der Waals surface area (Å²) in [6.45, 7) is 3.19. The summed E-state index contributed by atoms with van der Waals surface area (Å²) in [7, 11) is 0. The van der Waals surface area contributed by atoms with E-state index in [0.717, 1.165) is 12.4 Å². The minimum Gasteiger partial charge on any atom is -0.370 e. The van der Waals surface area contributed by atoms with Crippen LogP contribution in [0.15, 0.2) is 23.8 Å². The summed E-state index contributed by atoms with van der Waals surface area (Å²) in [6.07, 6.45) is 6.67. The first-order valence-corrected chi connectivity index (χ1v) is 8.36. The van der Waals surface area contributed by atoms with Crippen molar-refractivity contribution in [3.63, 3.8) is 0 Å². The van der Waals surface area contributed by atoms with Gasteiger partial charge in [-0.05, 0) is 36.8 Å². The van der Waals surface area contributed by atoms with E-state index in [4.69, 9.17) is 0 Å². The van der Waals surface area contributed by atoms with E-state index in [1.807, 2.05) is 6.07 Å². The van der Waals surface area contributed by atoms with E-state index in [-0.39, 0.29) is 5.91 Å². The standard InChI is InChI=1S/C15H19N5OS/c1-2-5-15(6-7-15)9-17-12-4-3-11(8-16-12)13(21)19-14-20-18-10-22-14/h3-4,8,10H,2,5-7,9H2,1H3,(H,16,17)(H,19,20,21). The van der Waals surface area contributed by atoms with Gasteiger partial charge in [0.15, 0.2) is 0 Å². The average Bonchev–Trinajstić information content (AvgIpc) is 3.10. The largest absolute Gasteiger partial charge is 0.370 e. The van der Waals surface area contributed by atoms with Gasteiger partial charge >= 0.3 is 0 Å². The van der Waals surface area contributed by atoms with Gasteiger partial charge in [0, 0.05) is 12.7 Å². The number of hydrogen-bond acceptors (Lipinski definition) is 6. The Morgan fingerprint density at radius 1 is 1.41 bits per heavy atom. The van der Waals surface area contributed by atoms with Gasteiger partial charge in [-0.25, -0.2) is 4.98 Å². The van der Waals surface area contributed by atoms with Crippen LogP contribution in [0.3, 0.4) is 0 Å². The van der Waals surface area contributed by atoms with Gasteiger partial charge in [-0.1, -0.05) is 24.7 Å². The normalized spacial score (nSPS) is 15.3. The van der Waals surface area contributed by atoms with Crippen molar-refractivity contribution in [2.75, 3.05) is 17.2 Å². The summed E-state index contributed by atoms with van der Waals surface area (Å²) in [6, 6.07) is 3.61. The third-order valence-corrected chi connectivity index (χ3v) is 4.59. The Balaban J connectivity index is 1.55. The number of carbonyl (C=O) groups is 1. The van der Waals surface area contributed by atoms with Crippen molar-refractivity contribution < 1.29 is 4.79 Å². The van der Waals surface area contributed by atoms with Crippen LogP contribution in [0.5, 0.6) is 0 Å². The van der Waals surface area contributed by atoms with Crippen LogP contribution in [0.4, 0.5) is 10.9 Å². The van der Waals surface area contributed by atoms with E-state index in [2.05, 4.69) is 32.7 Å². The molecule has 2 aromatic rings. The maximum absolute atomic E-state index is 12.0. The van der Waals surface area contributed by atoms with Crippen molar-refractivity contribution in [3.05, 3.63) is 29.4 Å². The minimum absolute atomic E-state index is 0.222.